The number of carbonyl (C=O) groups is 2. The lowest BCUT2D eigenvalue weighted by molar-refractivity contribution is -0.284. The quantitative estimate of drug-likeness (QED) is 0.240. The van der Waals surface area contributed by atoms with E-state index in [1.54, 1.807) is 6.92 Å². The van der Waals surface area contributed by atoms with E-state index in [1.807, 2.05) is 5.32 Å². The number of carboxylic acids is 1. The normalized spacial score (nSPS) is 25.9. The second kappa shape index (κ2) is 10.6. The van der Waals surface area contributed by atoms with Crippen LogP contribution in [0.5, 0.6) is 5.75 Å². The van der Waals surface area contributed by atoms with Gasteiger partial charge >= 0.3 is 23.6 Å². The summed E-state index contributed by atoms with van der Waals surface area (Å²) in [4.78, 5) is 35.8. The van der Waals surface area contributed by atoms with E-state index in [2.05, 4.69) is 0 Å². The number of aliphatic hydroxyl groups excluding tert-OH is 4. The van der Waals surface area contributed by atoms with Crippen LogP contribution in [0.1, 0.15) is 18.4 Å². The molecule has 1 amide bonds. The van der Waals surface area contributed by atoms with E-state index in [4.69, 9.17) is 13.9 Å². The van der Waals surface area contributed by atoms with Crippen molar-refractivity contribution < 1.29 is 62.2 Å². The van der Waals surface area contributed by atoms with Crippen LogP contribution in [0.2, 0.25) is 0 Å². The Morgan fingerprint density at radius 1 is 1.27 bits per heavy atom. The highest BCUT2D eigenvalue weighted by molar-refractivity contribution is 5.82. The van der Waals surface area contributed by atoms with E-state index in [-0.39, 0.29) is 11.3 Å². The van der Waals surface area contributed by atoms with E-state index in [9.17, 15) is 53.1 Å². The first-order chi connectivity index (χ1) is 17.2. The number of rotatable bonds is 8. The van der Waals surface area contributed by atoms with Crippen LogP contribution in [0.3, 0.4) is 0 Å². The Balaban J connectivity index is 1.98. The fraction of sp³-hybridized carbons (Fsp3) is 0.500. The summed E-state index contributed by atoms with van der Waals surface area (Å²) in [6.45, 7) is 0.551. The predicted octanol–water partition coefficient (Wildman–Crippen LogP) is -0.438. The van der Waals surface area contributed by atoms with E-state index < -0.39 is 79.4 Å². The highest BCUT2D eigenvalue weighted by Crippen LogP contribution is 2.36. The Morgan fingerprint density at radius 3 is 2.54 bits per heavy atom. The standard InChI is InChI=1S/C22H24F3NO11/c1-9-4-16(31)35-14-5-10(2-3-11(9)14)36-21(20(33)34)6-12(28)17(26-15(30)7-22(23,24)25)19(37-21)18(32)13(29)8-27/h2-5,12-13,17-19,27-29,32H,6-8H2,1H3,(H,26,30)(H,33,34)/t12-,13+,17+,18-,19+,21+/m0/s1. The molecule has 37 heavy (non-hydrogen) atoms. The van der Waals surface area contributed by atoms with Crippen LogP contribution in [-0.4, -0.2) is 86.4 Å². The fourth-order valence-corrected chi connectivity index (χ4v) is 3.98. The van der Waals surface area contributed by atoms with Gasteiger partial charge in [0.25, 0.3) is 0 Å². The molecule has 6 N–H and O–H groups in total. The summed E-state index contributed by atoms with van der Waals surface area (Å²) in [5, 5.41) is 52.4. The molecule has 2 aromatic rings. The van der Waals surface area contributed by atoms with Gasteiger partial charge < -0.3 is 44.7 Å². The lowest BCUT2D eigenvalue weighted by atomic mass is 9.88. The minimum Gasteiger partial charge on any atom is -0.476 e. The van der Waals surface area contributed by atoms with Gasteiger partial charge in [0, 0.05) is 17.5 Å². The number of aryl methyl sites for hydroxylation is 1. The maximum Gasteiger partial charge on any atom is 0.397 e. The van der Waals surface area contributed by atoms with E-state index >= 15 is 0 Å². The number of aliphatic carboxylic acids is 1. The third-order valence-electron chi connectivity index (χ3n) is 5.71. The zero-order valence-corrected chi connectivity index (χ0v) is 19.1. The summed E-state index contributed by atoms with van der Waals surface area (Å²) < 4.78 is 53.9. The molecule has 2 heterocycles. The number of hydrogen-bond acceptors (Lipinski definition) is 10. The third kappa shape index (κ3) is 6.37. The van der Waals surface area contributed by atoms with Gasteiger partial charge in [-0.1, -0.05) is 0 Å². The van der Waals surface area contributed by atoms with Crippen molar-refractivity contribution in [1.29, 1.82) is 0 Å². The number of amides is 1. The van der Waals surface area contributed by atoms with Gasteiger partial charge in [-0.25, -0.2) is 9.59 Å². The number of carboxylic acid groups (broad SMARTS) is 1. The first kappa shape index (κ1) is 28.3. The zero-order valence-electron chi connectivity index (χ0n) is 19.1. The van der Waals surface area contributed by atoms with Gasteiger partial charge in [-0.15, -0.1) is 0 Å². The molecule has 1 aliphatic heterocycles. The molecule has 0 unspecified atom stereocenters. The Kier molecular flexibility index (Phi) is 8.14. The van der Waals surface area contributed by atoms with Crippen molar-refractivity contribution in [3.63, 3.8) is 0 Å². The molecule has 204 valence electrons. The molecule has 12 nitrogen and oxygen atoms in total. The monoisotopic (exact) mass is 535 g/mol. The van der Waals surface area contributed by atoms with Crippen molar-refractivity contribution in [2.75, 3.05) is 6.61 Å². The molecule has 0 saturated carbocycles. The first-order valence-electron chi connectivity index (χ1n) is 10.8. The molecule has 0 bridgehead atoms. The molecule has 0 spiro atoms. The summed E-state index contributed by atoms with van der Waals surface area (Å²) in [6.07, 6.45) is -16.0. The highest BCUT2D eigenvalue weighted by Gasteiger charge is 2.57. The maximum absolute atomic E-state index is 12.6. The van der Waals surface area contributed by atoms with Crippen LogP contribution in [-0.2, 0) is 14.3 Å². The molecule has 1 saturated heterocycles. The Bertz CT molecular complexity index is 1220. The summed E-state index contributed by atoms with van der Waals surface area (Å²) >= 11 is 0. The molecule has 1 aromatic heterocycles. The van der Waals surface area contributed by atoms with Gasteiger partial charge in [-0.2, -0.15) is 13.2 Å². The molecule has 1 fully saturated rings. The van der Waals surface area contributed by atoms with Crippen LogP contribution in [0.25, 0.3) is 11.0 Å². The average molecular weight is 535 g/mol. The van der Waals surface area contributed by atoms with Gasteiger partial charge in [0.2, 0.25) is 5.91 Å². The summed E-state index contributed by atoms with van der Waals surface area (Å²) in [5.41, 5.74) is -0.129. The van der Waals surface area contributed by atoms with Crippen LogP contribution in [0, 0.1) is 6.92 Å². The van der Waals surface area contributed by atoms with Crippen molar-refractivity contribution in [3.8, 4) is 5.75 Å². The summed E-state index contributed by atoms with van der Waals surface area (Å²) in [7, 11) is 0. The van der Waals surface area contributed by atoms with Gasteiger partial charge in [-0.3, -0.25) is 4.79 Å². The van der Waals surface area contributed by atoms with E-state index in [0.29, 0.717) is 10.9 Å². The topological polar surface area (TPSA) is 196 Å². The van der Waals surface area contributed by atoms with Crippen LogP contribution in [0.4, 0.5) is 13.2 Å². The number of alkyl halides is 3. The average Bonchev–Trinajstić information content (AvgIpc) is 2.78. The molecule has 1 aliphatic rings. The first-order valence-corrected chi connectivity index (χ1v) is 10.8. The highest BCUT2D eigenvalue weighted by atomic mass is 19.4. The van der Waals surface area contributed by atoms with Crippen LogP contribution >= 0.6 is 0 Å². The predicted molar refractivity (Wildman–Crippen MR) is 115 cm³/mol. The summed E-state index contributed by atoms with van der Waals surface area (Å²) in [6, 6.07) is 3.30. The molecule has 0 radical (unpaired) electrons. The Morgan fingerprint density at radius 2 is 1.95 bits per heavy atom. The SMILES string of the molecule is Cc1cc(=O)oc2cc(O[C@]3(C(=O)O)C[C@H](O)[C@@H](NC(=O)CC(F)(F)F)[C@H]([C@@H](O)[C@H](O)CO)O3)ccc12. The molecule has 0 aliphatic carbocycles. The second-order valence-electron chi connectivity index (χ2n) is 8.55. The molecule has 1 aromatic carbocycles. The Labute approximate surface area is 205 Å². The van der Waals surface area contributed by atoms with Crippen molar-refractivity contribution in [3.05, 3.63) is 40.2 Å². The number of nitrogens with one attached hydrogen (secondary N) is 1. The van der Waals surface area contributed by atoms with Crippen LogP contribution < -0.4 is 15.7 Å². The lowest BCUT2D eigenvalue weighted by Gasteiger charge is -2.46. The molecular weight excluding hydrogens is 511 g/mol. The van der Waals surface area contributed by atoms with Gasteiger partial charge in [0.05, 0.1) is 25.2 Å². The number of benzene rings is 1. The number of hydrogen-bond donors (Lipinski definition) is 6. The maximum atomic E-state index is 12.6. The molecular formula is C22H24F3NO11. The zero-order chi connectivity index (χ0) is 27.7. The minimum absolute atomic E-state index is 0.0176. The second-order valence-corrected chi connectivity index (χ2v) is 8.55. The van der Waals surface area contributed by atoms with Gasteiger partial charge in [0.1, 0.15) is 36.1 Å². The van der Waals surface area contributed by atoms with Crippen molar-refractivity contribution in [2.24, 2.45) is 0 Å². The number of ether oxygens (including phenoxy) is 2. The van der Waals surface area contributed by atoms with Crippen LogP contribution in [0.15, 0.2) is 33.5 Å². The molecule has 3 rings (SSSR count). The van der Waals surface area contributed by atoms with Crippen molar-refractivity contribution >= 4 is 22.8 Å². The number of carbonyl (C=O) groups excluding carboxylic acids is 1. The lowest BCUT2D eigenvalue weighted by Crippen LogP contribution is -2.69. The number of aliphatic hydroxyl groups is 4. The van der Waals surface area contributed by atoms with Crippen molar-refractivity contribution in [2.45, 2.75) is 62.2 Å². The molecule has 6 atom stereocenters. The van der Waals surface area contributed by atoms with Gasteiger partial charge in [-0.05, 0) is 24.6 Å². The fourth-order valence-electron chi connectivity index (χ4n) is 3.98. The Hall–Kier alpha value is -3.24. The minimum atomic E-state index is -4.92. The van der Waals surface area contributed by atoms with Gasteiger partial charge in [0.15, 0.2) is 0 Å². The van der Waals surface area contributed by atoms with E-state index in [0.717, 1.165) is 6.07 Å². The summed E-state index contributed by atoms with van der Waals surface area (Å²) in [5.74, 6) is -6.48. The number of halogens is 3. The third-order valence-corrected chi connectivity index (χ3v) is 5.71. The largest absolute Gasteiger partial charge is 0.476 e. The van der Waals surface area contributed by atoms with Crippen molar-refractivity contribution in [1.82, 2.24) is 5.32 Å². The van der Waals surface area contributed by atoms with E-state index in [1.165, 1.54) is 18.2 Å². The smallest absolute Gasteiger partial charge is 0.397 e. The molecule has 15 heteroatoms. The number of fused-ring (bicyclic) bond motifs is 1.